The lowest BCUT2D eigenvalue weighted by Crippen LogP contribution is -2.04. The first-order valence-corrected chi connectivity index (χ1v) is 5.71. The summed E-state index contributed by atoms with van der Waals surface area (Å²) in [6.45, 7) is 1.87. The Kier molecular flexibility index (Phi) is 3.82. The number of benzene rings is 1. The van der Waals surface area contributed by atoms with Crippen LogP contribution in [0.3, 0.4) is 0 Å². The van der Waals surface area contributed by atoms with Crippen molar-refractivity contribution in [2.75, 3.05) is 12.0 Å². The van der Waals surface area contributed by atoms with E-state index < -0.39 is 0 Å². The normalized spacial score (nSPS) is 10.1. The molecule has 0 N–H and O–H groups in total. The molecule has 0 heterocycles. The van der Waals surface area contributed by atoms with Crippen LogP contribution in [0, 0.1) is 6.92 Å². The summed E-state index contributed by atoms with van der Waals surface area (Å²) in [6.07, 6.45) is 1.91. The highest BCUT2D eigenvalue weighted by atomic mass is 35.5. The lowest BCUT2D eigenvalue weighted by molar-refractivity contribution is 0.102. The van der Waals surface area contributed by atoms with Crippen molar-refractivity contribution < 1.29 is 4.79 Å². The van der Waals surface area contributed by atoms with Gasteiger partial charge in [0.2, 0.25) is 0 Å². The lowest BCUT2D eigenvalue weighted by atomic mass is 10.1. The van der Waals surface area contributed by atoms with E-state index in [0.717, 1.165) is 11.1 Å². The quantitative estimate of drug-likeness (QED) is 0.719. The topological polar surface area (TPSA) is 17.1 Å². The molecule has 1 aromatic rings. The zero-order chi connectivity index (χ0) is 9.84. The second-order valence-electron chi connectivity index (χ2n) is 2.77. The maximum atomic E-state index is 11.5. The van der Waals surface area contributed by atoms with E-state index in [4.69, 9.17) is 11.6 Å². The van der Waals surface area contributed by atoms with Crippen molar-refractivity contribution in [3.05, 3.63) is 34.3 Å². The van der Waals surface area contributed by atoms with Crippen LogP contribution in [-0.4, -0.2) is 17.8 Å². The van der Waals surface area contributed by atoms with Gasteiger partial charge in [0.25, 0.3) is 0 Å². The van der Waals surface area contributed by atoms with Gasteiger partial charge in [-0.2, -0.15) is 11.8 Å². The van der Waals surface area contributed by atoms with Gasteiger partial charge in [-0.3, -0.25) is 4.79 Å². The average molecular weight is 215 g/mol. The second kappa shape index (κ2) is 4.68. The second-order valence-corrected chi connectivity index (χ2v) is 4.04. The summed E-state index contributed by atoms with van der Waals surface area (Å²) in [5.74, 6) is 0.661. The van der Waals surface area contributed by atoms with Crippen molar-refractivity contribution in [2.24, 2.45) is 0 Å². The SMILES string of the molecule is CSCC(=O)c1cccc(Cl)c1C. The fourth-order valence-electron chi connectivity index (χ4n) is 1.12. The highest BCUT2D eigenvalue weighted by Gasteiger charge is 2.09. The molecule has 1 aromatic carbocycles. The molecule has 0 amide bonds. The minimum atomic E-state index is 0.146. The molecule has 0 atom stereocenters. The molecule has 0 aliphatic rings. The van der Waals surface area contributed by atoms with E-state index in [9.17, 15) is 4.79 Å². The molecule has 0 saturated carbocycles. The smallest absolute Gasteiger partial charge is 0.173 e. The molecule has 1 nitrogen and oxygen atoms in total. The van der Waals surface area contributed by atoms with Gasteiger partial charge >= 0.3 is 0 Å². The summed E-state index contributed by atoms with van der Waals surface area (Å²) in [6, 6.07) is 5.43. The van der Waals surface area contributed by atoms with Crippen LogP contribution in [0.15, 0.2) is 18.2 Å². The van der Waals surface area contributed by atoms with Crippen molar-refractivity contribution in [3.63, 3.8) is 0 Å². The zero-order valence-electron chi connectivity index (χ0n) is 7.63. The maximum absolute atomic E-state index is 11.5. The van der Waals surface area contributed by atoms with E-state index in [0.29, 0.717) is 10.8 Å². The van der Waals surface area contributed by atoms with Crippen molar-refractivity contribution in [1.29, 1.82) is 0 Å². The van der Waals surface area contributed by atoms with Crippen molar-refractivity contribution >= 4 is 29.1 Å². The monoisotopic (exact) mass is 214 g/mol. The van der Waals surface area contributed by atoms with Gasteiger partial charge in [-0.05, 0) is 24.8 Å². The molecule has 1 rings (SSSR count). The molecule has 0 saturated heterocycles. The van der Waals surface area contributed by atoms with Crippen LogP contribution in [0.1, 0.15) is 15.9 Å². The van der Waals surface area contributed by atoms with Gasteiger partial charge in [0.05, 0.1) is 5.75 Å². The Labute approximate surface area is 87.5 Å². The molecule has 3 heteroatoms. The molecule has 70 valence electrons. The van der Waals surface area contributed by atoms with Crippen LogP contribution in [-0.2, 0) is 0 Å². The Balaban J connectivity index is 3.01. The third kappa shape index (κ3) is 2.48. The molecule has 13 heavy (non-hydrogen) atoms. The average Bonchev–Trinajstić information content (AvgIpc) is 2.10. The minimum absolute atomic E-state index is 0.146. The molecule has 0 aromatic heterocycles. The van der Waals surface area contributed by atoms with E-state index in [2.05, 4.69) is 0 Å². The van der Waals surface area contributed by atoms with Gasteiger partial charge in [0, 0.05) is 10.6 Å². The molecular formula is C10H11ClOS. The Morgan fingerprint density at radius 3 is 2.85 bits per heavy atom. The van der Waals surface area contributed by atoms with Crippen LogP contribution in [0.25, 0.3) is 0 Å². The van der Waals surface area contributed by atoms with Gasteiger partial charge < -0.3 is 0 Å². The largest absolute Gasteiger partial charge is 0.293 e. The van der Waals surface area contributed by atoms with Gasteiger partial charge in [-0.1, -0.05) is 23.7 Å². The predicted molar refractivity (Wildman–Crippen MR) is 58.9 cm³/mol. The molecule has 0 spiro atoms. The number of hydrogen-bond acceptors (Lipinski definition) is 2. The number of carbonyl (C=O) groups excluding carboxylic acids is 1. The Bertz CT molecular complexity index is 323. The number of rotatable bonds is 3. The third-order valence-corrected chi connectivity index (χ3v) is 2.80. The van der Waals surface area contributed by atoms with E-state index in [1.54, 1.807) is 6.07 Å². The number of thioether (sulfide) groups is 1. The van der Waals surface area contributed by atoms with E-state index in [1.807, 2.05) is 25.3 Å². The van der Waals surface area contributed by atoms with Gasteiger partial charge in [-0.15, -0.1) is 0 Å². The van der Waals surface area contributed by atoms with Crippen molar-refractivity contribution in [1.82, 2.24) is 0 Å². The lowest BCUT2D eigenvalue weighted by Gasteiger charge is -2.04. The fourth-order valence-corrected chi connectivity index (χ4v) is 1.71. The summed E-state index contributed by atoms with van der Waals surface area (Å²) in [5, 5.41) is 0.659. The minimum Gasteiger partial charge on any atom is -0.293 e. The van der Waals surface area contributed by atoms with Crippen LogP contribution < -0.4 is 0 Å². The van der Waals surface area contributed by atoms with Crippen LogP contribution >= 0.6 is 23.4 Å². The van der Waals surface area contributed by atoms with Crippen LogP contribution in [0.4, 0.5) is 0 Å². The summed E-state index contributed by atoms with van der Waals surface area (Å²) in [4.78, 5) is 11.5. The number of Topliss-reactive ketones (excluding diaryl/α,β-unsaturated/α-hetero) is 1. The predicted octanol–water partition coefficient (Wildman–Crippen LogP) is 3.19. The van der Waals surface area contributed by atoms with E-state index in [1.165, 1.54) is 11.8 Å². The maximum Gasteiger partial charge on any atom is 0.173 e. The summed E-state index contributed by atoms with van der Waals surface area (Å²) >= 11 is 7.43. The fraction of sp³-hybridized carbons (Fsp3) is 0.300. The van der Waals surface area contributed by atoms with Crippen LogP contribution in [0.5, 0.6) is 0 Å². The highest BCUT2D eigenvalue weighted by molar-refractivity contribution is 7.99. The van der Waals surface area contributed by atoms with E-state index >= 15 is 0 Å². The Hall–Kier alpha value is -0.470. The molecule has 0 bridgehead atoms. The number of halogens is 1. The number of ketones is 1. The summed E-state index contributed by atoms with van der Waals surface area (Å²) in [5.41, 5.74) is 1.62. The zero-order valence-corrected chi connectivity index (χ0v) is 9.21. The summed E-state index contributed by atoms with van der Waals surface area (Å²) < 4.78 is 0. The first-order valence-electron chi connectivity index (χ1n) is 3.94. The Morgan fingerprint density at radius 2 is 2.23 bits per heavy atom. The Morgan fingerprint density at radius 1 is 1.54 bits per heavy atom. The number of carbonyl (C=O) groups is 1. The number of hydrogen-bond donors (Lipinski definition) is 0. The standard InChI is InChI=1S/C10H11ClOS/c1-7-8(10(12)6-13-2)4-3-5-9(7)11/h3-5H,6H2,1-2H3. The molecular weight excluding hydrogens is 204 g/mol. The molecule has 0 aliphatic carbocycles. The first-order chi connectivity index (χ1) is 6.16. The van der Waals surface area contributed by atoms with Gasteiger partial charge in [0.1, 0.15) is 0 Å². The highest BCUT2D eigenvalue weighted by Crippen LogP contribution is 2.19. The summed E-state index contributed by atoms with van der Waals surface area (Å²) in [7, 11) is 0. The molecule has 0 fully saturated rings. The third-order valence-electron chi connectivity index (χ3n) is 1.84. The van der Waals surface area contributed by atoms with Crippen LogP contribution in [0.2, 0.25) is 5.02 Å². The van der Waals surface area contributed by atoms with Crippen molar-refractivity contribution in [2.45, 2.75) is 6.92 Å². The van der Waals surface area contributed by atoms with Crippen molar-refractivity contribution in [3.8, 4) is 0 Å². The molecule has 0 aliphatic heterocycles. The van der Waals surface area contributed by atoms with E-state index in [-0.39, 0.29) is 5.78 Å². The molecule has 0 unspecified atom stereocenters. The molecule has 0 radical (unpaired) electrons. The first kappa shape index (κ1) is 10.6. The van der Waals surface area contributed by atoms with Gasteiger partial charge in [-0.25, -0.2) is 0 Å². The van der Waals surface area contributed by atoms with Gasteiger partial charge in [0.15, 0.2) is 5.78 Å².